The SMILES string of the molecule is N[C@H]1CCC=CC1=O. The average Bonchev–Trinajstić information content (AvgIpc) is 1.77. The molecule has 0 aliphatic heterocycles. The van der Waals surface area contributed by atoms with E-state index in [0.29, 0.717) is 0 Å². The maximum Gasteiger partial charge on any atom is 0.172 e. The first-order valence-electron chi connectivity index (χ1n) is 2.76. The van der Waals surface area contributed by atoms with E-state index >= 15 is 0 Å². The first-order valence-corrected chi connectivity index (χ1v) is 2.76. The maximum atomic E-state index is 10.6. The molecule has 8 heavy (non-hydrogen) atoms. The summed E-state index contributed by atoms with van der Waals surface area (Å²) < 4.78 is 0. The predicted molar refractivity (Wildman–Crippen MR) is 31.4 cm³/mol. The molecule has 0 aromatic heterocycles. The Morgan fingerprint density at radius 1 is 1.75 bits per heavy atom. The highest BCUT2D eigenvalue weighted by atomic mass is 16.1. The van der Waals surface area contributed by atoms with E-state index in [9.17, 15) is 4.79 Å². The van der Waals surface area contributed by atoms with Crippen molar-refractivity contribution in [1.29, 1.82) is 0 Å². The second-order valence-electron chi connectivity index (χ2n) is 1.99. The maximum absolute atomic E-state index is 10.6. The highest BCUT2D eigenvalue weighted by molar-refractivity contribution is 5.94. The van der Waals surface area contributed by atoms with Crippen LogP contribution < -0.4 is 5.73 Å². The zero-order valence-electron chi connectivity index (χ0n) is 4.63. The molecule has 2 N–H and O–H groups in total. The van der Waals surface area contributed by atoms with Gasteiger partial charge in [-0.05, 0) is 18.9 Å². The molecule has 0 amide bonds. The minimum atomic E-state index is -0.222. The Labute approximate surface area is 48.4 Å². The van der Waals surface area contributed by atoms with E-state index in [1.807, 2.05) is 6.08 Å². The third-order valence-electron chi connectivity index (χ3n) is 1.29. The van der Waals surface area contributed by atoms with E-state index in [4.69, 9.17) is 5.73 Å². The van der Waals surface area contributed by atoms with E-state index in [-0.39, 0.29) is 11.8 Å². The minimum absolute atomic E-state index is 0.0660. The van der Waals surface area contributed by atoms with Crippen LogP contribution in [0.15, 0.2) is 12.2 Å². The van der Waals surface area contributed by atoms with Gasteiger partial charge in [0.25, 0.3) is 0 Å². The zero-order valence-corrected chi connectivity index (χ0v) is 4.63. The quantitative estimate of drug-likeness (QED) is 0.486. The topological polar surface area (TPSA) is 43.1 Å². The van der Waals surface area contributed by atoms with Crippen molar-refractivity contribution < 1.29 is 4.79 Å². The molecule has 1 atom stereocenters. The van der Waals surface area contributed by atoms with Crippen LogP contribution in [0.25, 0.3) is 0 Å². The second kappa shape index (κ2) is 2.09. The summed E-state index contributed by atoms with van der Waals surface area (Å²) >= 11 is 0. The summed E-state index contributed by atoms with van der Waals surface area (Å²) in [5.74, 6) is 0.0660. The molecule has 0 saturated heterocycles. The molecule has 1 aliphatic rings. The highest BCUT2D eigenvalue weighted by Gasteiger charge is 2.11. The number of rotatable bonds is 0. The first kappa shape index (κ1) is 5.51. The normalized spacial score (nSPS) is 28.6. The lowest BCUT2D eigenvalue weighted by molar-refractivity contribution is -0.116. The molecule has 0 spiro atoms. The van der Waals surface area contributed by atoms with Crippen LogP contribution in [0.3, 0.4) is 0 Å². The van der Waals surface area contributed by atoms with E-state index in [1.165, 1.54) is 0 Å². The largest absolute Gasteiger partial charge is 0.321 e. The number of allylic oxidation sites excluding steroid dienone is 1. The third kappa shape index (κ3) is 0.954. The number of nitrogens with two attached hydrogens (primary N) is 1. The Hall–Kier alpha value is -0.630. The van der Waals surface area contributed by atoms with Crippen molar-refractivity contribution in [2.75, 3.05) is 0 Å². The molecule has 0 aromatic rings. The lowest BCUT2D eigenvalue weighted by atomic mass is 10.0. The van der Waals surface area contributed by atoms with Crippen LogP contribution in [0.5, 0.6) is 0 Å². The van der Waals surface area contributed by atoms with Crippen molar-refractivity contribution in [3.05, 3.63) is 12.2 Å². The van der Waals surface area contributed by atoms with Crippen molar-refractivity contribution >= 4 is 5.78 Å². The molecule has 0 unspecified atom stereocenters. The number of hydrogen-bond donors (Lipinski definition) is 1. The van der Waals surface area contributed by atoms with Gasteiger partial charge in [0.1, 0.15) is 0 Å². The van der Waals surface area contributed by atoms with E-state index in [2.05, 4.69) is 0 Å². The monoisotopic (exact) mass is 111 g/mol. The molecule has 0 bridgehead atoms. The number of ketones is 1. The Bertz CT molecular complexity index is 128. The highest BCUT2D eigenvalue weighted by Crippen LogP contribution is 2.03. The number of carbonyl (C=O) groups is 1. The molecular formula is C6H9NO. The van der Waals surface area contributed by atoms with Gasteiger partial charge < -0.3 is 5.73 Å². The molecule has 44 valence electrons. The van der Waals surface area contributed by atoms with Gasteiger partial charge in [-0.15, -0.1) is 0 Å². The fraction of sp³-hybridized carbons (Fsp3) is 0.500. The molecular weight excluding hydrogens is 102 g/mol. The van der Waals surface area contributed by atoms with Crippen LogP contribution in [0, 0.1) is 0 Å². The summed E-state index contributed by atoms with van der Waals surface area (Å²) in [5.41, 5.74) is 5.38. The first-order chi connectivity index (χ1) is 3.80. The second-order valence-corrected chi connectivity index (χ2v) is 1.99. The Morgan fingerprint density at radius 3 is 2.88 bits per heavy atom. The lowest BCUT2D eigenvalue weighted by Crippen LogP contribution is -2.30. The fourth-order valence-corrected chi connectivity index (χ4v) is 0.741. The van der Waals surface area contributed by atoms with Crippen molar-refractivity contribution in [2.24, 2.45) is 5.73 Å². The molecule has 0 radical (unpaired) electrons. The van der Waals surface area contributed by atoms with Gasteiger partial charge in [0.2, 0.25) is 0 Å². The van der Waals surface area contributed by atoms with Crippen molar-refractivity contribution in [1.82, 2.24) is 0 Å². The van der Waals surface area contributed by atoms with Gasteiger partial charge in [-0.2, -0.15) is 0 Å². The van der Waals surface area contributed by atoms with Gasteiger partial charge in [0, 0.05) is 0 Å². The summed E-state index contributed by atoms with van der Waals surface area (Å²) in [6.07, 6.45) is 5.20. The summed E-state index contributed by atoms with van der Waals surface area (Å²) in [6, 6.07) is -0.222. The van der Waals surface area contributed by atoms with E-state index in [1.54, 1.807) is 6.08 Å². The molecule has 1 aliphatic carbocycles. The Balaban J connectivity index is 2.60. The van der Waals surface area contributed by atoms with Gasteiger partial charge in [-0.25, -0.2) is 0 Å². The summed E-state index contributed by atoms with van der Waals surface area (Å²) in [4.78, 5) is 10.6. The number of hydrogen-bond acceptors (Lipinski definition) is 2. The van der Waals surface area contributed by atoms with Gasteiger partial charge in [-0.1, -0.05) is 6.08 Å². The van der Waals surface area contributed by atoms with Gasteiger partial charge >= 0.3 is 0 Å². The molecule has 0 aromatic carbocycles. The van der Waals surface area contributed by atoms with Crippen LogP contribution in [-0.4, -0.2) is 11.8 Å². The third-order valence-corrected chi connectivity index (χ3v) is 1.29. The van der Waals surface area contributed by atoms with E-state index < -0.39 is 0 Å². The Morgan fingerprint density at radius 2 is 2.50 bits per heavy atom. The molecule has 0 saturated carbocycles. The van der Waals surface area contributed by atoms with Crippen LogP contribution in [0.1, 0.15) is 12.8 Å². The standard InChI is InChI=1S/C6H9NO/c7-5-3-1-2-4-6(5)8/h2,4-5H,1,3,7H2/t5-/m0/s1. The van der Waals surface area contributed by atoms with Gasteiger partial charge in [0.15, 0.2) is 5.78 Å². The van der Waals surface area contributed by atoms with Crippen LogP contribution in [0.4, 0.5) is 0 Å². The van der Waals surface area contributed by atoms with Crippen LogP contribution in [0.2, 0.25) is 0 Å². The molecule has 2 nitrogen and oxygen atoms in total. The zero-order chi connectivity index (χ0) is 5.98. The Kier molecular flexibility index (Phi) is 1.44. The average molecular weight is 111 g/mol. The van der Waals surface area contributed by atoms with Gasteiger partial charge in [0.05, 0.1) is 6.04 Å². The van der Waals surface area contributed by atoms with Crippen molar-refractivity contribution in [2.45, 2.75) is 18.9 Å². The smallest absolute Gasteiger partial charge is 0.172 e. The molecule has 1 rings (SSSR count). The lowest BCUT2D eigenvalue weighted by Gasteiger charge is -2.08. The predicted octanol–water partition coefficient (Wildman–Crippen LogP) is 0.233. The summed E-state index contributed by atoms with van der Waals surface area (Å²) in [5, 5.41) is 0. The molecule has 0 heterocycles. The van der Waals surface area contributed by atoms with E-state index in [0.717, 1.165) is 12.8 Å². The van der Waals surface area contributed by atoms with Gasteiger partial charge in [-0.3, -0.25) is 4.79 Å². The van der Waals surface area contributed by atoms with Crippen LogP contribution >= 0.6 is 0 Å². The van der Waals surface area contributed by atoms with Crippen molar-refractivity contribution in [3.63, 3.8) is 0 Å². The fourth-order valence-electron chi connectivity index (χ4n) is 0.741. The minimum Gasteiger partial charge on any atom is -0.321 e. The molecule has 2 heteroatoms. The summed E-state index contributed by atoms with van der Waals surface area (Å²) in [6.45, 7) is 0. The molecule has 0 fully saturated rings. The van der Waals surface area contributed by atoms with Crippen molar-refractivity contribution in [3.8, 4) is 0 Å². The number of carbonyl (C=O) groups excluding carboxylic acids is 1. The van der Waals surface area contributed by atoms with Crippen LogP contribution in [-0.2, 0) is 4.79 Å². The summed E-state index contributed by atoms with van der Waals surface area (Å²) in [7, 11) is 0.